The van der Waals surface area contributed by atoms with E-state index in [-0.39, 0.29) is 24.3 Å². The third-order valence-corrected chi connectivity index (χ3v) is 3.08. The Morgan fingerprint density at radius 1 is 1.26 bits per heavy atom. The molecular formula is C15H19NO3. The number of ether oxygens (including phenoxy) is 1. The maximum absolute atomic E-state index is 12.2. The van der Waals surface area contributed by atoms with Gasteiger partial charge in [-0.3, -0.25) is 9.59 Å². The summed E-state index contributed by atoms with van der Waals surface area (Å²) in [7, 11) is 0. The van der Waals surface area contributed by atoms with Crippen LogP contribution in [0.1, 0.15) is 25.3 Å². The number of benzene rings is 1. The Labute approximate surface area is 113 Å². The van der Waals surface area contributed by atoms with Crippen LogP contribution >= 0.6 is 0 Å². The molecule has 4 nitrogen and oxygen atoms in total. The Kier molecular flexibility index (Phi) is 4.55. The molecule has 0 heterocycles. The van der Waals surface area contributed by atoms with Crippen molar-refractivity contribution in [2.75, 3.05) is 13.2 Å². The zero-order valence-electron chi connectivity index (χ0n) is 11.2. The van der Waals surface area contributed by atoms with E-state index in [4.69, 9.17) is 4.74 Å². The summed E-state index contributed by atoms with van der Waals surface area (Å²) in [4.78, 5) is 25.3. The van der Waals surface area contributed by atoms with E-state index in [2.05, 4.69) is 0 Å². The molecule has 19 heavy (non-hydrogen) atoms. The molecule has 1 aliphatic carbocycles. The van der Waals surface area contributed by atoms with Crippen molar-refractivity contribution in [3.05, 3.63) is 35.9 Å². The lowest BCUT2D eigenvalue weighted by Gasteiger charge is -2.21. The van der Waals surface area contributed by atoms with Crippen LogP contribution in [0.2, 0.25) is 0 Å². The summed E-state index contributed by atoms with van der Waals surface area (Å²) in [6.07, 6.45) is 1.87. The molecule has 1 aliphatic rings. The molecule has 0 spiro atoms. The second-order valence-corrected chi connectivity index (χ2v) is 4.76. The first kappa shape index (κ1) is 13.6. The van der Waals surface area contributed by atoms with Gasteiger partial charge in [-0.2, -0.15) is 0 Å². The Morgan fingerprint density at radius 2 is 1.95 bits per heavy atom. The highest BCUT2D eigenvalue weighted by Gasteiger charge is 2.34. The molecule has 0 atom stereocenters. The maximum atomic E-state index is 12.2. The van der Waals surface area contributed by atoms with Crippen LogP contribution in [0.15, 0.2) is 30.3 Å². The molecule has 1 saturated carbocycles. The average molecular weight is 261 g/mol. The number of nitrogens with zero attached hydrogens (tertiary/aromatic N) is 1. The molecule has 1 aromatic rings. The van der Waals surface area contributed by atoms with E-state index in [1.807, 2.05) is 30.3 Å². The first-order chi connectivity index (χ1) is 9.20. The Bertz CT molecular complexity index is 440. The fraction of sp³-hybridized carbons (Fsp3) is 0.467. The zero-order valence-corrected chi connectivity index (χ0v) is 11.2. The van der Waals surface area contributed by atoms with Crippen molar-refractivity contribution in [2.24, 2.45) is 5.92 Å². The molecule has 0 aliphatic heterocycles. The zero-order chi connectivity index (χ0) is 13.7. The van der Waals surface area contributed by atoms with Gasteiger partial charge in [-0.25, -0.2) is 0 Å². The summed E-state index contributed by atoms with van der Waals surface area (Å²) in [6, 6.07) is 9.71. The number of amides is 1. The van der Waals surface area contributed by atoms with E-state index in [9.17, 15) is 9.59 Å². The molecule has 1 fully saturated rings. The molecule has 1 amide bonds. The van der Waals surface area contributed by atoms with Crippen LogP contribution in [0.3, 0.4) is 0 Å². The summed E-state index contributed by atoms with van der Waals surface area (Å²) < 4.78 is 4.93. The Morgan fingerprint density at radius 3 is 2.53 bits per heavy atom. The summed E-state index contributed by atoms with van der Waals surface area (Å²) >= 11 is 0. The van der Waals surface area contributed by atoms with Crippen molar-refractivity contribution in [3.8, 4) is 0 Å². The molecule has 0 N–H and O–H groups in total. The summed E-state index contributed by atoms with van der Waals surface area (Å²) in [5.74, 6) is -0.164. The minimum Gasteiger partial charge on any atom is -0.465 e. The van der Waals surface area contributed by atoms with Gasteiger partial charge in [-0.05, 0) is 25.3 Å². The monoisotopic (exact) mass is 261 g/mol. The van der Waals surface area contributed by atoms with Gasteiger partial charge < -0.3 is 9.64 Å². The summed E-state index contributed by atoms with van der Waals surface area (Å²) in [6.45, 7) is 2.62. The minimum absolute atomic E-state index is 0.0397. The fourth-order valence-electron chi connectivity index (χ4n) is 1.97. The normalized spacial score (nSPS) is 13.9. The van der Waals surface area contributed by atoms with Crippen molar-refractivity contribution in [3.63, 3.8) is 0 Å². The van der Waals surface area contributed by atoms with E-state index >= 15 is 0 Å². The molecule has 1 aromatic carbocycles. The van der Waals surface area contributed by atoms with Gasteiger partial charge in [-0.1, -0.05) is 30.3 Å². The van der Waals surface area contributed by atoms with Crippen LogP contribution in [0.25, 0.3) is 0 Å². The molecule has 4 heteroatoms. The molecule has 0 radical (unpaired) electrons. The highest BCUT2D eigenvalue weighted by Crippen LogP contribution is 2.31. The third kappa shape index (κ3) is 4.09. The van der Waals surface area contributed by atoms with Gasteiger partial charge in [0.05, 0.1) is 6.61 Å². The lowest BCUT2D eigenvalue weighted by Crippen LogP contribution is -2.37. The molecule has 0 bridgehead atoms. The van der Waals surface area contributed by atoms with Crippen molar-refractivity contribution in [1.29, 1.82) is 0 Å². The van der Waals surface area contributed by atoms with Gasteiger partial charge in [0.1, 0.15) is 6.54 Å². The van der Waals surface area contributed by atoms with E-state index in [1.54, 1.807) is 11.8 Å². The van der Waals surface area contributed by atoms with E-state index < -0.39 is 0 Å². The smallest absolute Gasteiger partial charge is 0.325 e. The molecule has 2 rings (SSSR count). The van der Waals surface area contributed by atoms with Crippen LogP contribution in [0.4, 0.5) is 0 Å². The standard InChI is InChI=1S/C15H19NO3/c1-2-19-14(17)11-16(15(18)13-8-9-13)10-12-6-4-3-5-7-12/h3-7,13H,2,8-11H2,1H3. The van der Waals surface area contributed by atoms with Gasteiger partial charge in [0, 0.05) is 12.5 Å². The molecule has 102 valence electrons. The van der Waals surface area contributed by atoms with Crippen molar-refractivity contribution in [1.82, 2.24) is 4.90 Å². The summed E-state index contributed by atoms with van der Waals surface area (Å²) in [5.41, 5.74) is 1.03. The number of esters is 1. The number of hydrogen-bond acceptors (Lipinski definition) is 3. The van der Waals surface area contributed by atoms with Crippen LogP contribution in [-0.4, -0.2) is 29.9 Å². The maximum Gasteiger partial charge on any atom is 0.325 e. The highest BCUT2D eigenvalue weighted by molar-refractivity contribution is 5.85. The molecular weight excluding hydrogens is 242 g/mol. The van der Waals surface area contributed by atoms with E-state index in [0.29, 0.717) is 13.2 Å². The van der Waals surface area contributed by atoms with E-state index in [1.165, 1.54) is 0 Å². The van der Waals surface area contributed by atoms with Gasteiger partial charge in [-0.15, -0.1) is 0 Å². The average Bonchev–Trinajstić information content (AvgIpc) is 3.23. The molecule has 0 unspecified atom stereocenters. The number of rotatable bonds is 6. The topological polar surface area (TPSA) is 46.6 Å². The quantitative estimate of drug-likeness (QED) is 0.736. The van der Waals surface area contributed by atoms with Crippen LogP contribution in [0, 0.1) is 5.92 Å². The van der Waals surface area contributed by atoms with Crippen molar-refractivity contribution >= 4 is 11.9 Å². The predicted octanol–water partition coefficient (Wildman–Crippen LogP) is 1.99. The minimum atomic E-state index is -0.340. The first-order valence-corrected chi connectivity index (χ1v) is 6.69. The van der Waals surface area contributed by atoms with Crippen molar-refractivity contribution in [2.45, 2.75) is 26.3 Å². The number of carbonyl (C=O) groups excluding carboxylic acids is 2. The second kappa shape index (κ2) is 6.36. The largest absolute Gasteiger partial charge is 0.465 e. The van der Waals surface area contributed by atoms with E-state index in [0.717, 1.165) is 18.4 Å². The van der Waals surface area contributed by atoms with Crippen molar-refractivity contribution < 1.29 is 14.3 Å². The fourth-order valence-corrected chi connectivity index (χ4v) is 1.97. The molecule has 0 aromatic heterocycles. The lowest BCUT2D eigenvalue weighted by atomic mass is 10.2. The van der Waals surface area contributed by atoms with Crippen LogP contribution < -0.4 is 0 Å². The second-order valence-electron chi connectivity index (χ2n) is 4.76. The molecule has 0 saturated heterocycles. The van der Waals surface area contributed by atoms with Gasteiger partial charge >= 0.3 is 5.97 Å². The SMILES string of the molecule is CCOC(=O)CN(Cc1ccccc1)C(=O)C1CC1. The van der Waals surface area contributed by atoms with Gasteiger partial charge in [0.2, 0.25) is 5.91 Å². The third-order valence-electron chi connectivity index (χ3n) is 3.08. The van der Waals surface area contributed by atoms with Gasteiger partial charge in [0.25, 0.3) is 0 Å². The Hall–Kier alpha value is -1.84. The predicted molar refractivity (Wildman–Crippen MR) is 71.2 cm³/mol. The Balaban J connectivity index is 2.01. The van der Waals surface area contributed by atoms with Gasteiger partial charge in [0.15, 0.2) is 0 Å². The summed E-state index contributed by atoms with van der Waals surface area (Å²) in [5, 5.41) is 0. The first-order valence-electron chi connectivity index (χ1n) is 6.69. The van der Waals surface area contributed by atoms with Crippen LogP contribution in [0.5, 0.6) is 0 Å². The lowest BCUT2D eigenvalue weighted by molar-refractivity contribution is -0.149. The van der Waals surface area contributed by atoms with Crippen LogP contribution in [-0.2, 0) is 20.9 Å². The number of hydrogen-bond donors (Lipinski definition) is 0. The highest BCUT2D eigenvalue weighted by atomic mass is 16.5. The number of carbonyl (C=O) groups is 2.